The van der Waals surface area contributed by atoms with E-state index in [9.17, 15) is 18.0 Å². The summed E-state index contributed by atoms with van der Waals surface area (Å²) < 4.78 is 33.6. The number of fused-ring (bicyclic) bond motifs is 1. The van der Waals surface area contributed by atoms with Gasteiger partial charge in [0.15, 0.2) is 6.10 Å². The van der Waals surface area contributed by atoms with Gasteiger partial charge in [-0.1, -0.05) is 29.8 Å². The van der Waals surface area contributed by atoms with Crippen LogP contribution in [0, 0.1) is 13.8 Å². The predicted octanol–water partition coefficient (Wildman–Crippen LogP) is 2.10. The maximum Gasteiger partial charge on any atom is 0.265 e. The van der Waals surface area contributed by atoms with Gasteiger partial charge in [-0.3, -0.25) is 9.59 Å². The number of ether oxygens (including phenoxy) is 1. The number of anilines is 1. The summed E-state index contributed by atoms with van der Waals surface area (Å²) in [4.78, 5) is 26.3. The predicted molar refractivity (Wildman–Crippen MR) is 120 cm³/mol. The van der Waals surface area contributed by atoms with E-state index >= 15 is 0 Å². The van der Waals surface area contributed by atoms with Gasteiger partial charge in [-0.2, -0.15) is 4.31 Å². The number of sulfonamides is 1. The van der Waals surface area contributed by atoms with E-state index in [1.165, 1.54) is 10.4 Å². The molecule has 0 aliphatic carbocycles. The molecule has 0 unspecified atom stereocenters. The summed E-state index contributed by atoms with van der Waals surface area (Å²) in [5.41, 5.74) is 3.08. The van der Waals surface area contributed by atoms with Crippen molar-refractivity contribution >= 4 is 27.5 Å². The Bertz CT molecular complexity index is 1150. The van der Waals surface area contributed by atoms with Crippen molar-refractivity contribution in [2.24, 2.45) is 0 Å². The lowest BCUT2D eigenvalue weighted by Crippen LogP contribution is -2.51. The molecule has 32 heavy (non-hydrogen) atoms. The van der Waals surface area contributed by atoms with Crippen LogP contribution in [0.2, 0.25) is 0 Å². The first-order chi connectivity index (χ1) is 15.1. The summed E-state index contributed by atoms with van der Waals surface area (Å²) >= 11 is 0. The standard InChI is InChI=1S/C23H27N3O5S/c1-15-4-6-18(7-5-15)13-22(27)25-8-10-26(11-9-25)32(29,30)21-14-20-19(12-16(21)2)24-23(28)17(3)31-20/h4-7,12,14,17H,8-11,13H2,1-3H3,(H,24,28)/t17-/m1/s1. The molecule has 170 valence electrons. The van der Waals surface area contributed by atoms with Crippen LogP contribution < -0.4 is 10.1 Å². The van der Waals surface area contributed by atoms with E-state index in [0.29, 0.717) is 36.5 Å². The average Bonchev–Trinajstić information content (AvgIpc) is 2.76. The first-order valence-corrected chi connectivity index (χ1v) is 12.0. The second-order valence-electron chi connectivity index (χ2n) is 8.31. The molecule has 2 aliphatic rings. The normalized spacial score (nSPS) is 19.2. The zero-order chi connectivity index (χ0) is 23.0. The van der Waals surface area contributed by atoms with E-state index in [2.05, 4.69) is 5.32 Å². The zero-order valence-electron chi connectivity index (χ0n) is 18.4. The molecule has 0 spiro atoms. The molecule has 0 aromatic heterocycles. The number of carbonyl (C=O) groups is 2. The van der Waals surface area contributed by atoms with E-state index < -0.39 is 16.1 Å². The minimum atomic E-state index is -3.77. The van der Waals surface area contributed by atoms with Gasteiger partial charge in [0.25, 0.3) is 5.91 Å². The van der Waals surface area contributed by atoms with Gasteiger partial charge in [0.2, 0.25) is 15.9 Å². The summed E-state index contributed by atoms with van der Waals surface area (Å²) in [7, 11) is -3.77. The number of hydrogen-bond donors (Lipinski definition) is 1. The number of hydrogen-bond acceptors (Lipinski definition) is 5. The summed E-state index contributed by atoms with van der Waals surface area (Å²) in [5, 5.41) is 2.73. The molecule has 2 aromatic carbocycles. The molecule has 1 fully saturated rings. The van der Waals surface area contributed by atoms with Gasteiger partial charge in [0.1, 0.15) is 5.75 Å². The molecular formula is C23H27N3O5S. The second kappa shape index (κ2) is 8.55. The summed E-state index contributed by atoms with van der Waals surface area (Å²) in [6, 6.07) is 10.9. The third-order valence-corrected chi connectivity index (χ3v) is 7.93. The largest absolute Gasteiger partial charge is 0.479 e. The Labute approximate surface area is 188 Å². The number of benzene rings is 2. The monoisotopic (exact) mass is 457 g/mol. The molecule has 2 aromatic rings. The van der Waals surface area contributed by atoms with E-state index in [0.717, 1.165) is 11.1 Å². The molecule has 1 atom stereocenters. The molecule has 2 heterocycles. The van der Waals surface area contributed by atoms with Crippen molar-refractivity contribution in [1.82, 2.24) is 9.21 Å². The maximum absolute atomic E-state index is 13.3. The van der Waals surface area contributed by atoms with Crippen molar-refractivity contribution < 1.29 is 22.7 Å². The van der Waals surface area contributed by atoms with Gasteiger partial charge >= 0.3 is 0 Å². The molecule has 0 saturated carbocycles. The summed E-state index contributed by atoms with van der Waals surface area (Å²) in [6.45, 7) is 6.45. The fraction of sp³-hybridized carbons (Fsp3) is 0.391. The van der Waals surface area contributed by atoms with Crippen molar-refractivity contribution in [3.8, 4) is 5.75 Å². The summed E-state index contributed by atoms with van der Waals surface area (Å²) in [6.07, 6.45) is -0.387. The molecule has 1 saturated heterocycles. The van der Waals surface area contributed by atoms with Crippen LogP contribution >= 0.6 is 0 Å². The molecule has 0 radical (unpaired) electrons. The Kier molecular flexibility index (Phi) is 5.96. The quantitative estimate of drug-likeness (QED) is 0.759. The first-order valence-electron chi connectivity index (χ1n) is 10.6. The Hall–Kier alpha value is -2.91. The smallest absolute Gasteiger partial charge is 0.265 e. The van der Waals surface area contributed by atoms with Gasteiger partial charge in [-0.25, -0.2) is 8.42 Å². The van der Waals surface area contributed by atoms with Crippen LogP contribution in [0.5, 0.6) is 5.75 Å². The third-order valence-electron chi connectivity index (χ3n) is 5.89. The minimum absolute atomic E-state index is 0.00556. The van der Waals surface area contributed by atoms with Crippen molar-refractivity contribution in [3.63, 3.8) is 0 Å². The van der Waals surface area contributed by atoms with Gasteiger partial charge in [0, 0.05) is 32.2 Å². The Morgan fingerprint density at radius 2 is 1.75 bits per heavy atom. The van der Waals surface area contributed by atoms with Crippen LogP contribution in [0.4, 0.5) is 5.69 Å². The van der Waals surface area contributed by atoms with Crippen molar-refractivity contribution in [2.45, 2.75) is 38.2 Å². The lowest BCUT2D eigenvalue weighted by Gasteiger charge is -2.34. The van der Waals surface area contributed by atoms with Gasteiger partial charge in [-0.15, -0.1) is 0 Å². The van der Waals surface area contributed by atoms with Crippen molar-refractivity contribution in [2.75, 3.05) is 31.5 Å². The van der Waals surface area contributed by atoms with Crippen LogP contribution in [0.25, 0.3) is 0 Å². The van der Waals surface area contributed by atoms with Crippen LogP contribution in [-0.4, -0.2) is 61.7 Å². The maximum atomic E-state index is 13.3. The lowest BCUT2D eigenvalue weighted by molar-refractivity contribution is -0.131. The molecule has 4 rings (SSSR count). The number of piperazine rings is 1. The van der Waals surface area contributed by atoms with Crippen LogP contribution in [0.3, 0.4) is 0 Å². The SMILES string of the molecule is Cc1ccc(CC(=O)N2CCN(S(=O)(=O)c3cc4c(cc3C)NC(=O)[C@@H](C)O4)CC2)cc1. The lowest BCUT2D eigenvalue weighted by atomic mass is 10.1. The molecule has 2 aliphatic heterocycles. The summed E-state index contributed by atoms with van der Waals surface area (Å²) in [5.74, 6) is 0.0705. The van der Waals surface area contributed by atoms with Gasteiger partial charge in [-0.05, 0) is 38.0 Å². The topological polar surface area (TPSA) is 96.0 Å². The third kappa shape index (κ3) is 4.35. The van der Waals surface area contributed by atoms with Crippen molar-refractivity contribution in [3.05, 3.63) is 53.1 Å². The number of carbonyl (C=O) groups excluding carboxylic acids is 2. The molecule has 1 N–H and O–H groups in total. The van der Waals surface area contributed by atoms with E-state index in [1.807, 2.05) is 31.2 Å². The minimum Gasteiger partial charge on any atom is -0.479 e. The Morgan fingerprint density at radius 1 is 1.09 bits per heavy atom. The second-order valence-corrected chi connectivity index (χ2v) is 10.2. The van der Waals surface area contributed by atoms with Crippen LogP contribution in [0.15, 0.2) is 41.3 Å². The molecule has 9 heteroatoms. The highest BCUT2D eigenvalue weighted by molar-refractivity contribution is 7.89. The highest BCUT2D eigenvalue weighted by Gasteiger charge is 2.33. The van der Waals surface area contributed by atoms with Gasteiger partial charge < -0.3 is 15.0 Å². The number of nitrogens with zero attached hydrogens (tertiary/aromatic N) is 2. The van der Waals surface area contributed by atoms with Crippen LogP contribution in [-0.2, 0) is 26.0 Å². The number of amides is 2. The molecule has 0 bridgehead atoms. The molecular weight excluding hydrogens is 430 g/mol. The zero-order valence-corrected chi connectivity index (χ0v) is 19.2. The van der Waals surface area contributed by atoms with E-state index in [-0.39, 0.29) is 29.8 Å². The Morgan fingerprint density at radius 3 is 2.41 bits per heavy atom. The first kappa shape index (κ1) is 22.3. The molecule has 2 amide bonds. The van der Waals surface area contributed by atoms with Crippen LogP contribution in [0.1, 0.15) is 23.6 Å². The number of aryl methyl sites for hydroxylation is 2. The number of nitrogens with one attached hydrogen (secondary N) is 1. The average molecular weight is 458 g/mol. The number of rotatable bonds is 4. The highest BCUT2D eigenvalue weighted by Crippen LogP contribution is 2.35. The molecule has 8 nitrogen and oxygen atoms in total. The fourth-order valence-electron chi connectivity index (χ4n) is 3.93. The van der Waals surface area contributed by atoms with E-state index in [1.54, 1.807) is 24.8 Å². The van der Waals surface area contributed by atoms with E-state index in [4.69, 9.17) is 4.74 Å². The van der Waals surface area contributed by atoms with Crippen molar-refractivity contribution in [1.29, 1.82) is 0 Å². The Balaban J connectivity index is 1.45. The highest BCUT2D eigenvalue weighted by atomic mass is 32.2. The van der Waals surface area contributed by atoms with Gasteiger partial charge in [0.05, 0.1) is 17.0 Å². The fourth-order valence-corrected chi connectivity index (χ4v) is 5.57.